The Morgan fingerprint density at radius 2 is 1.63 bits per heavy atom. The summed E-state index contributed by atoms with van der Waals surface area (Å²) in [5, 5.41) is 24.3. The molecule has 0 fully saturated rings. The normalized spacial score (nSPS) is 15.3. The van der Waals surface area contributed by atoms with Gasteiger partial charge in [0.05, 0.1) is 22.4 Å². The summed E-state index contributed by atoms with van der Waals surface area (Å²) < 4.78 is 0. The molecule has 9 nitrogen and oxygen atoms in total. The minimum absolute atomic E-state index is 0.0742. The van der Waals surface area contributed by atoms with E-state index >= 15 is 0 Å². The molecule has 0 atom stereocenters. The molecule has 1 aliphatic carbocycles. The topological polar surface area (TPSA) is 149 Å². The van der Waals surface area contributed by atoms with Crippen molar-refractivity contribution in [2.24, 2.45) is 0 Å². The summed E-state index contributed by atoms with van der Waals surface area (Å²) in [5.41, 5.74) is 4.45. The van der Waals surface area contributed by atoms with E-state index in [9.17, 15) is 24.3 Å². The lowest BCUT2D eigenvalue weighted by Crippen LogP contribution is -2.12. The van der Waals surface area contributed by atoms with Crippen molar-refractivity contribution in [3.8, 4) is 0 Å². The van der Waals surface area contributed by atoms with Crippen LogP contribution >= 0.6 is 0 Å². The van der Waals surface area contributed by atoms with Gasteiger partial charge in [-0.25, -0.2) is 9.59 Å². The maximum absolute atomic E-state index is 12.7. The van der Waals surface area contributed by atoms with Crippen molar-refractivity contribution < 1.29 is 29.4 Å². The number of H-pyrrole nitrogens is 1. The molecule has 0 saturated carbocycles. The van der Waals surface area contributed by atoms with Gasteiger partial charge in [0.2, 0.25) is 0 Å². The van der Waals surface area contributed by atoms with Crippen molar-refractivity contribution in [1.82, 2.24) is 4.98 Å². The van der Waals surface area contributed by atoms with E-state index in [0.717, 1.165) is 30.5 Å². The second-order valence-electron chi connectivity index (χ2n) is 8.49. The van der Waals surface area contributed by atoms with Crippen molar-refractivity contribution in [2.45, 2.75) is 25.7 Å². The van der Waals surface area contributed by atoms with Crippen LogP contribution < -0.4 is 10.6 Å². The first-order valence-corrected chi connectivity index (χ1v) is 11.1. The number of hydrogen-bond acceptors (Lipinski definition) is 4. The number of aromatic nitrogens is 1. The van der Waals surface area contributed by atoms with Crippen molar-refractivity contribution in [3.63, 3.8) is 0 Å². The van der Waals surface area contributed by atoms with Crippen LogP contribution in [0.3, 0.4) is 0 Å². The van der Waals surface area contributed by atoms with E-state index in [2.05, 4.69) is 15.6 Å². The van der Waals surface area contributed by atoms with Gasteiger partial charge in [-0.1, -0.05) is 0 Å². The summed E-state index contributed by atoms with van der Waals surface area (Å²) in [7, 11) is 0. The number of carboxylic acids is 2. The fourth-order valence-corrected chi connectivity index (χ4v) is 4.58. The molecule has 0 bridgehead atoms. The Kier molecular flexibility index (Phi) is 5.44. The van der Waals surface area contributed by atoms with E-state index < -0.39 is 17.8 Å². The van der Waals surface area contributed by atoms with Crippen LogP contribution in [0, 0.1) is 0 Å². The Morgan fingerprint density at radius 3 is 2.34 bits per heavy atom. The number of aromatic amines is 1. The number of benzene rings is 2. The molecule has 1 aromatic heterocycles. The SMILES string of the molecule is O=C1Nc2ccc(NC(=O)c3ccc(C(=O)O)cc3)cc2C1=Cc1[nH]c2c(c1C(=O)O)CCCC2. The van der Waals surface area contributed by atoms with Crippen LogP contribution in [0.5, 0.6) is 0 Å². The van der Waals surface area contributed by atoms with E-state index in [-0.39, 0.29) is 22.6 Å². The number of rotatable bonds is 5. The number of amides is 2. The van der Waals surface area contributed by atoms with Crippen molar-refractivity contribution in [2.75, 3.05) is 10.6 Å². The average Bonchev–Trinajstić information content (AvgIpc) is 3.36. The molecular weight excluding hydrogens is 450 g/mol. The van der Waals surface area contributed by atoms with E-state index in [4.69, 9.17) is 5.11 Å². The summed E-state index contributed by atoms with van der Waals surface area (Å²) in [6.45, 7) is 0. The molecule has 5 N–H and O–H groups in total. The molecule has 0 spiro atoms. The van der Waals surface area contributed by atoms with Gasteiger partial charge >= 0.3 is 11.9 Å². The van der Waals surface area contributed by atoms with Gasteiger partial charge in [0, 0.05) is 28.2 Å². The summed E-state index contributed by atoms with van der Waals surface area (Å²) >= 11 is 0. The number of carbonyl (C=O) groups excluding carboxylic acids is 2. The molecule has 2 heterocycles. The number of aromatic carboxylic acids is 2. The third-order valence-electron chi connectivity index (χ3n) is 6.28. The van der Waals surface area contributed by atoms with Crippen LogP contribution in [-0.4, -0.2) is 39.0 Å². The second-order valence-corrected chi connectivity index (χ2v) is 8.49. The maximum atomic E-state index is 12.7. The third-order valence-corrected chi connectivity index (χ3v) is 6.28. The number of aryl methyl sites for hydroxylation is 1. The third kappa shape index (κ3) is 4.08. The van der Waals surface area contributed by atoms with Gasteiger partial charge in [-0.2, -0.15) is 0 Å². The molecule has 2 aliphatic rings. The lowest BCUT2D eigenvalue weighted by Gasteiger charge is -2.10. The van der Waals surface area contributed by atoms with Crippen LogP contribution in [0.2, 0.25) is 0 Å². The van der Waals surface area contributed by atoms with E-state index in [1.807, 2.05) is 0 Å². The van der Waals surface area contributed by atoms with Gasteiger partial charge in [0.1, 0.15) is 0 Å². The summed E-state index contributed by atoms with van der Waals surface area (Å²) in [5.74, 6) is -2.92. The zero-order chi connectivity index (χ0) is 24.7. The van der Waals surface area contributed by atoms with E-state index in [1.54, 1.807) is 24.3 Å². The average molecular weight is 471 g/mol. The predicted octanol–water partition coefficient (Wildman–Crippen LogP) is 4.03. The number of nitrogens with one attached hydrogen (secondary N) is 3. The largest absolute Gasteiger partial charge is 0.478 e. The Balaban J connectivity index is 1.46. The maximum Gasteiger partial charge on any atom is 0.338 e. The number of carboxylic acid groups (broad SMARTS) is 2. The summed E-state index contributed by atoms with van der Waals surface area (Å²) in [4.78, 5) is 51.6. The van der Waals surface area contributed by atoms with E-state index in [0.29, 0.717) is 34.6 Å². The number of carbonyl (C=O) groups is 4. The number of anilines is 2. The molecule has 0 unspecified atom stereocenters. The molecular formula is C26H21N3O6. The van der Waals surface area contributed by atoms with Gasteiger partial charge < -0.3 is 25.8 Å². The number of hydrogen-bond donors (Lipinski definition) is 5. The Bertz CT molecular complexity index is 1430. The lowest BCUT2D eigenvalue weighted by molar-refractivity contribution is -0.110. The highest BCUT2D eigenvalue weighted by Crippen LogP contribution is 2.37. The first kappa shape index (κ1) is 22.1. The molecule has 1 aliphatic heterocycles. The molecule has 0 saturated heterocycles. The molecule has 2 aromatic carbocycles. The highest BCUT2D eigenvalue weighted by Gasteiger charge is 2.28. The van der Waals surface area contributed by atoms with Crippen molar-refractivity contribution in [1.29, 1.82) is 0 Å². The fraction of sp³-hybridized carbons (Fsp3) is 0.154. The van der Waals surface area contributed by atoms with Crippen LogP contribution in [0.15, 0.2) is 42.5 Å². The summed E-state index contributed by atoms with van der Waals surface area (Å²) in [6.07, 6.45) is 4.91. The Hall–Kier alpha value is -4.66. The Morgan fingerprint density at radius 1 is 0.914 bits per heavy atom. The fourth-order valence-electron chi connectivity index (χ4n) is 4.58. The zero-order valence-electron chi connectivity index (χ0n) is 18.5. The Labute approximate surface area is 199 Å². The molecule has 3 aromatic rings. The van der Waals surface area contributed by atoms with E-state index in [1.165, 1.54) is 24.3 Å². The summed E-state index contributed by atoms with van der Waals surface area (Å²) in [6, 6.07) is 10.5. The minimum atomic E-state index is -1.08. The molecule has 2 amide bonds. The van der Waals surface area contributed by atoms with Crippen LogP contribution in [-0.2, 0) is 17.6 Å². The minimum Gasteiger partial charge on any atom is -0.478 e. The van der Waals surface area contributed by atoms with Crippen LogP contribution in [0.1, 0.15) is 66.4 Å². The van der Waals surface area contributed by atoms with Crippen LogP contribution in [0.4, 0.5) is 11.4 Å². The smallest absolute Gasteiger partial charge is 0.338 e. The molecule has 5 rings (SSSR count). The van der Waals surface area contributed by atoms with Gasteiger partial charge in [0.25, 0.3) is 11.8 Å². The highest BCUT2D eigenvalue weighted by molar-refractivity contribution is 6.35. The van der Waals surface area contributed by atoms with Gasteiger partial charge in [-0.15, -0.1) is 0 Å². The monoisotopic (exact) mass is 471 g/mol. The molecule has 0 radical (unpaired) electrons. The predicted molar refractivity (Wildman–Crippen MR) is 129 cm³/mol. The number of fused-ring (bicyclic) bond motifs is 2. The lowest BCUT2D eigenvalue weighted by atomic mass is 9.94. The van der Waals surface area contributed by atoms with Crippen molar-refractivity contribution in [3.05, 3.63) is 81.7 Å². The zero-order valence-corrected chi connectivity index (χ0v) is 18.5. The highest BCUT2D eigenvalue weighted by atomic mass is 16.4. The van der Waals surface area contributed by atoms with Crippen LogP contribution in [0.25, 0.3) is 11.6 Å². The van der Waals surface area contributed by atoms with Gasteiger partial charge in [-0.05, 0) is 79.8 Å². The first-order chi connectivity index (χ1) is 16.8. The van der Waals surface area contributed by atoms with Gasteiger partial charge in [-0.3, -0.25) is 9.59 Å². The quantitative estimate of drug-likeness (QED) is 0.355. The standard InChI is InChI=1S/C26H21N3O6/c30-23(13-5-7-14(8-6-13)25(32)33)27-15-9-10-20-17(11-15)18(24(31)29-20)12-21-22(26(34)35)16-3-1-2-4-19(16)28-21/h5-12,28H,1-4H2,(H,27,30)(H,29,31)(H,32,33)(H,34,35). The second kappa shape index (κ2) is 8.60. The molecule has 35 heavy (non-hydrogen) atoms. The molecule has 176 valence electrons. The van der Waals surface area contributed by atoms with Gasteiger partial charge in [0.15, 0.2) is 0 Å². The molecule has 9 heteroatoms. The van der Waals surface area contributed by atoms with Crippen molar-refractivity contribution >= 4 is 46.8 Å². The first-order valence-electron chi connectivity index (χ1n) is 11.1.